The normalized spacial score (nSPS) is 14.8. The number of hydrogen-bond donors (Lipinski definition) is 2. The maximum atomic E-state index is 15.9. The number of sulfonamides is 1. The molecule has 0 spiro atoms. The first kappa shape index (κ1) is 22.3. The van der Waals surface area contributed by atoms with Gasteiger partial charge in [0.1, 0.15) is 16.5 Å². The molecule has 0 radical (unpaired) electrons. The van der Waals surface area contributed by atoms with Crippen molar-refractivity contribution in [3.8, 4) is 0 Å². The summed E-state index contributed by atoms with van der Waals surface area (Å²) >= 11 is 6.06. The van der Waals surface area contributed by atoms with Crippen LogP contribution in [0, 0.1) is 12.7 Å². The number of aliphatic imine (C=N–C) groups is 1. The lowest BCUT2D eigenvalue weighted by Crippen LogP contribution is -2.33. The van der Waals surface area contributed by atoms with Gasteiger partial charge < -0.3 is 10.2 Å². The number of rotatable bonds is 5. The number of nitrogens with zero attached hydrogens (tertiary/aromatic N) is 4. The number of amidine groups is 1. The molecule has 11 heteroatoms. The van der Waals surface area contributed by atoms with Crippen molar-refractivity contribution in [2.24, 2.45) is 4.99 Å². The fourth-order valence-corrected chi connectivity index (χ4v) is 5.63. The highest BCUT2D eigenvalue weighted by Gasteiger charge is 2.33. The average molecular weight is 499 g/mol. The van der Waals surface area contributed by atoms with Crippen LogP contribution >= 0.6 is 11.6 Å². The molecule has 174 valence electrons. The molecule has 2 N–H and O–H groups in total. The number of nitrogens with one attached hydrogen (secondary N) is 2. The summed E-state index contributed by atoms with van der Waals surface area (Å²) in [6, 6.07) is 9.07. The highest BCUT2D eigenvalue weighted by molar-refractivity contribution is 7.92. The number of anilines is 3. The number of aryl methyl sites for hydroxylation is 1. The van der Waals surface area contributed by atoms with Gasteiger partial charge in [0.05, 0.1) is 17.3 Å². The van der Waals surface area contributed by atoms with Crippen LogP contribution in [0.4, 0.5) is 21.8 Å². The maximum absolute atomic E-state index is 15.9. The molecule has 0 unspecified atom stereocenters. The minimum absolute atomic E-state index is 0.0474. The van der Waals surface area contributed by atoms with Crippen LogP contribution in [0.2, 0.25) is 5.02 Å². The Morgan fingerprint density at radius 3 is 2.74 bits per heavy atom. The Labute approximate surface area is 201 Å². The van der Waals surface area contributed by atoms with E-state index in [2.05, 4.69) is 25.0 Å². The van der Waals surface area contributed by atoms with Gasteiger partial charge in [0, 0.05) is 36.5 Å². The van der Waals surface area contributed by atoms with Crippen LogP contribution in [0.3, 0.4) is 0 Å². The van der Waals surface area contributed by atoms with Crippen molar-refractivity contribution in [2.45, 2.75) is 11.8 Å². The Kier molecular flexibility index (Phi) is 5.49. The lowest BCUT2D eigenvalue weighted by Gasteiger charge is -2.28. The fourth-order valence-electron chi connectivity index (χ4n) is 4.05. The first-order valence-electron chi connectivity index (χ1n) is 10.5. The Morgan fingerprint density at radius 1 is 1.18 bits per heavy atom. The zero-order chi connectivity index (χ0) is 24.0. The molecule has 1 aromatic heterocycles. The molecular weight excluding hydrogens is 479 g/mol. The van der Waals surface area contributed by atoms with Gasteiger partial charge in [-0.15, -0.1) is 0 Å². The second kappa shape index (κ2) is 8.37. The number of halogens is 2. The second-order valence-corrected chi connectivity index (χ2v) is 9.85. The van der Waals surface area contributed by atoms with E-state index in [0.717, 1.165) is 5.56 Å². The van der Waals surface area contributed by atoms with Crippen LogP contribution in [0.5, 0.6) is 0 Å². The van der Waals surface area contributed by atoms with Gasteiger partial charge in [0.2, 0.25) is 5.95 Å². The predicted molar refractivity (Wildman–Crippen MR) is 132 cm³/mol. The van der Waals surface area contributed by atoms with Crippen molar-refractivity contribution in [3.63, 3.8) is 0 Å². The third-order valence-electron chi connectivity index (χ3n) is 5.65. The molecule has 2 aromatic carbocycles. The van der Waals surface area contributed by atoms with E-state index in [-0.39, 0.29) is 21.2 Å². The van der Waals surface area contributed by atoms with Crippen LogP contribution in [0.1, 0.15) is 16.7 Å². The fraction of sp³-hybridized carbons (Fsp3) is 0.174. The number of aromatic nitrogens is 2. The molecule has 8 nitrogen and oxygen atoms in total. The molecule has 34 heavy (non-hydrogen) atoms. The molecule has 0 aliphatic carbocycles. The van der Waals surface area contributed by atoms with Crippen molar-refractivity contribution in [3.05, 3.63) is 70.1 Å². The van der Waals surface area contributed by atoms with Gasteiger partial charge in [0.15, 0.2) is 5.82 Å². The Hall–Kier alpha value is -3.50. The molecule has 2 aliphatic rings. The molecule has 3 aromatic rings. The third kappa shape index (κ3) is 3.68. The molecule has 0 saturated carbocycles. The predicted octanol–water partition coefficient (Wildman–Crippen LogP) is 4.19. The van der Waals surface area contributed by atoms with E-state index in [1.165, 1.54) is 18.2 Å². The highest BCUT2D eigenvalue weighted by atomic mass is 35.5. The lowest BCUT2D eigenvalue weighted by molar-refractivity contribution is 0.598. The standard InChI is InChI=1S/C23H20ClFN6O2S/c1-13-7-8-17(30-34(32,33)18-6-4-3-5-16(18)24)20(25)19(13)15-11-14-12-28-23(26-2)29-21(14)31-10-9-27-22(15)31/h3-8,11-12,30H,9-10H2,1-2H3,(H,26,28,29). The van der Waals surface area contributed by atoms with Gasteiger partial charge in [-0.1, -0.05) is 29.8 Å². The Bertz CT molecular complexity index is 1490. The SMILES string of the molecule is CNc1ncc2c(n1)N1CCN=C1C(c1c(C)ccc(NS(=O)(=O)c3ccccc3Cl)c1F)=C2. The Morgan fingerprint density at radius 2 is 1.97 bits per heavy atom. The van der Waals surface area contributed by atoms with Gasteiger partial charge in [-0.2, -0.15) is 4.98 Å². The van der Waals surface area contributed by atoms with Crippen LogP contribution in [-0.2, 0) is 10.0 Å². The van der Waals surface area contributed by atoms with E-state index >= 15 is 4.39 Å². The van der Waals surface area contributed by atoms with Crippen LogP contribution in [0.15, 0.2) is 52.5 Å². The molecule has 2 aliphatic heterocycles. The smallest absolute Gasteiger partial charge is 0.263 e. The molecule has 0 amide bonds. The molecule has 0 bridgehead atoms. The van der Waals surface area contributed by atoms with E-state index in [1.54, 1.807) is 44.4 Å². The lowest BCUT2D eigenvalue weighted by atomic mass is 9.94. The summed E-state index contributed by atoms with van der Waals surface area (Å²) in [6.07, 6.45) is 3.45. The van der Waals surface area contributed by atoms with Crippen LogP contribution < -0.4 is 14.9 Å². The zero-order valence-electron chi connectivity index (χ0n) is 18.3. The summed E-state index contributed by atoms with van der Waals surface area (Å²) in [5.74, 6) is 1.04. The second-order valence-electron chi connectivity index (χ2n) is 7.79. The molecule has 0 atom stereocenters. The van der Waals surface area contributed by atoms with E-state index < -0.39 is 15.8 Å². The third-order valence-corrected chi connectivity index (χ3v) is 7.51. The van der Waals surface area contributed by atoms with Gasteiger partial charge in [0.25, 0.3) is 10.0 Å². The zero-order valence-corrected chi connectivity index (χ0v) is 19.9. The topological polar surface area (TPSA) is 99.6 Å². The summed E-state index contributed by atoms with van der Waals surface area (Å²) in [6.45, 7) is 2.89. The largest absolute Gasteiger partial charge is 0.357 e. The minimum Gasteiger partial charge on any atom is -0.357 e. The van der Waals surface area contributed by atoms with E-state index in [1.807, 2.05) is 4.90 Å². The van der Waals surface area contributed by atoms with Crippen LogP contribution in [0.25, 0.3) is 11.6 Å². The van der Waals surface area contributed by atoms with Crippen molar-refractivity contribution >= 4 is 56.6 Å². The van der Waals surface area contributed by atoms with Crippen molar-refractivity contribution in [2.75, 3.05) is 35.1 Å². The molecule has 5 rings (SSSR count). The molecule has 0 fully saturated rings. The summed E-state index contributed by atoms with van der Waals surface area (Å²) in [5, 5.41) is 2.97. The summed E-state index contributed by atoms with van der Waals surface area (Å²) < 4.78 is 44.1. The van der Waals surface area contributed by atoms with Gasteiger partial charge in [-0.3, -0.25) is 9.71 Å². The number of benzene rings is 2. The van der Waals surface area contributed by atoms with E-state index in [9.17, 15) is 8.42 Å². The first-order chi connectivity index (χ1) is 16.3. The monoisotopic (exact) mass is 498 g/mol. The van der Waals surface area contributed by atoms with E-state index in [4.69, 9.17) is 11.6 Å². The number of hydrogen-bond acceptors (Lipinski definition) is 7. The summed E-state index contributed by atoms with van der Waals surface area (Å²) in [4.78, 5) is 15.2. The quantitative estimate of drug-likeness (QED) is 0.547. The molecule has 0 saturated heterocycles. The van der Waals surface area contributed by atoms with Crippen molar-refractivity contribution in [1.82, 2.24) is 9.97 Å². The van der Waals surface area contributed by atoms with Crippen LogP contribution in [-0.4, -0.2) is 44.4 Å². The summed E-state index contributed by atoms with van der Waals surface area (Å²) in [7, 11) is -2.37. The van der Waals surface area contributed by atoms with Gasteiger partial charge in [-0.25, -0.2) is 17.8 Å². The van der Waals surface area contributed by atoms with Gasteiger partial charge >= 0.3 is 0 Å². The molecular formula is C23H20ClFN6O2S. The van der Waals surface area contributed by atoms with Gasteiger partial charge in [-0.05, 0) is 36.8 Å². The average Bonchev–Trinajstić information content (AvgIpc) is 3.31. The maximum Gasteiger partial charge on any atom is 0.263 e. The Balaban J connectivity index is 1.62. The first-order valence-corrected chi connectivity index (χ1v) is 12.3. The number of fused-ring (bicyclic) bond motifs is 3. The van der Waals surface area contributed by atoms with Crippen molar-refractivity contribution in [1.29, 1.82) is 0 Å². The van der Waals surface area contributed by atoms with Crippen molar-refractivity contribution < 1.29 is 12.8 Å². The molecule has 3 heterocycles. The van der Waals surface area contributed by atoms with E-state index in [0.29, 0.717) is 41.8 Å². The summed E-state index contributed by atoms with van der Waals surface area (Å²) in [5.41, 5.74) is 1.97. The minimum atomic E-state index is -4.11. The highest BCUT2D eigenvalue weighted by Crippen LogP contribution is 2.39.